The number of benzene rings is 1. The predicted molar refractivity (Wildman–Crippen MR) is 94.3 cm³/mol. The molecule has 0 fully saturated rings. The molecule has 1 aromatic carbocycles. The van der Waals surface area contributed by atoms with Crippen LogP contribution in [-0.2, 0) is 19.5 Å². The van der Waals surface area contributed by atoms with Gasteiger partial charge in [0.2, 0.25) is 0 Å². The lowest BCUT2D eigenvalue weighted by Crippen LogP contribution is -2.30. The fraction of sp³-hybridized carbons (Fsp3) is 0.263. The topological polar surface area (TPSA) is 29.0 Å². The normalized spacial score (nSPS) is 14.7. The maximum Gasteiger partial charge on any atom is 0.125 e. The van der Waals surface area contributed by atoms with Crippen LogP contribution in [0.4, 0.5) is 0 Å². The van der Waals surface area contributed by atoms with Crippen LogP contribution in [-0.4, -0.2) is 21.4 Å². The SMILES string of the molecule is Cc1ncc2c(n1)CN(Cc1ccc(-c3ccccc3)s1)CC2. The van der Waals surface area contributed by atoms with Crippen molar-refractivity contribution in [3.8, 4) is 10.4 Å². The largest absolute Gasteiger partial charge is 0.292 e. The first kappa shape index (κ1) is 14.5. The quantitative estimate of drug-likeness (QED) is 0.728. The Kier molecular flexibility index (Phi) is 3.93. The fourth-order valence-corrected chi connectivity index (χ4v) is 4.09. The molecule has 0 saturated heterocycles. The molecule has 2 aromatic heterocycles. The summed E-state index contributed by atoms with van der Waals surface area (Å²) in [5.41, 5.74) is 3.81. The van der Waals surface area contributed by atoms with Gasteiger partial charge in [-0.05, 0) is 36.6 Å². The Bertz CT molecular complexity index is 810. The zero-order chi connectivity index (χ0) is 15.6. The van der Waals surface area contributed by atoms with Crippen molar-refractivity contribution in [1.29, 1.82) is 0 Å². The van der Waals surface area contributed by atoms with Gasteiger partial charge in [0.25, 0.3) is 0 Å². The van der Waals surface area contributed by atoms with E-state index in [1.54, 1.807) is 0 Å². The summed E-state index contributed by atoms with van der Waals surface area (Å²) in [5, 5.41) is 0. The molecule has 1 aliphatic heterocycles. The Balaban J connectivity index is 1.48. The Labute approximate surface area is 140 Å². The van der Waals surface area contributed by atoms with Crippen molar-refractivity contribution in [2.75, 3.05) is 6.54 Å². The summed E-state index contributed by atoms with van der Waals surface area (Å²) in [5.74, 6) is 0.869. The zero-order valence-electron chi connectivity index (χ0n) is 13.2. The molecular weight excluding hydrogens is 302 g/mol. The van der Waals surface area contributed by atoms with Crippen molar-refractivity contribution >= 4 is 11.3 Å². The highest BCUT2D eigenvalue weighted by atomic mass is 32.1. The lowest BCUT2D eigenvalue weighted by Gasteiger charge is -2.27. The summed E-state index contributed by atoms with van der Waals surface area (Å²) in [6.45, 7) is 4.97. The molecule has 0 saturated carbocycles. The van der Waals surface area contributed by atoms with Gasteiger partial charge in [-0.1, -0.05) is 30.3 Å². The van der Waals surface area contributed by atoms with Gasteiger partial charge >= 0.3 is 0 Å². The number of thiophene rings is 1. The molecule has 0 radical (unpaired) electrons. The van der Waals surface area contributed by atoms with Crippen LogP contribution in [0.15, 0.2) is 48.7 Å². The summed E-state index contributed by atoms with van der Waals surface area (Å²) in [6, 6.07) is 15.1. The highest BCUT2D eigenvalue weighted by Gasteiger charge is 2.18. The van der Waals surface area contributed by atoms with Crippen molar-refractivity contribution in [2.24, 2.45) is 0 Å². The van der Waals surface area contributed by atoms with Gasteiger partial charge in [0.15, 0.2) is 0 Å². The third-order valence-corrected chi connectivity index (χ3v) is 5.36. The Morgan fingerprint density at radius 3 is 2.87 bits per heavy atom. The van der Waals surface area contributed by atoms with E-state index in [4.69, 9.17) is 0 Å². The fourth-order valence-electron chi connectivity index (χ4n) is 3.03. The van der Waals surface area contributed by atoms with E-state index in [-0.39, 0.29) is 0 Å². The summed E-state index contributed by atoms with van der Waals surface area (Å²) >= 11 is 1.89. The van der Waals surface area contributed by atoms with Crippen LogP contribution in [0, 0.1) is 6.92 Å². The first-order valence-electron chi connectivity index (χ1n) is 7.96. The third-order valence-electron chi connectivity index (χ3n) is 4.24. The van der Waals surface area contributed by atoms with Gasteiger partial charge in [-0.15, -0.1) is 11.3 Å². The van der Waals surface area contributed by atoms with Crippen LogP contribution in [0.1, 0.15) is 22.0 Å². The number of fused-ring (bicyclic) bond motifs is 1. The lowest BCUT2D eigenvalue weighted by molar-refractivity contribution is 0.243. The van der Waals surface area contributed by atoms with Gasteiger partial charge in [0, 0.05) is 35.6 Å². The van der Waals surface area contributed by atoms with E-state index in [2.05, 4.69) is 57.3 Å². The minimum Gasteiger partial charge on any atom is -0.292 e. The molecular formula is C19H19N3S. The standard InChI is InChI=1S/C19H19N3S/c1-14-20-11-16-9-10-22(13-18(16)21-14)12-17-7-8-19(23-17)15-5-3-2-4-6-15/h2-8,11H,9-10,12-13H2,1H3. The van der Waals surface area contributed by atoms with Gasteiger partial charge in [-0.25, -0.2) is 9.97 Å². The minimum absolute atomic E-state index is 0.869. The smallest absolute Gasteiger partial charge is 0.125 e. The average Bonchev–Trinajstić information content (AvgIpc) is 3.04. The molecule has 0 bridgehead atoms. The van der Waals surface area contributed by atoms with E-state index in [1.165, 1.54) is 26.6 Å². The molecule has 3 heterocycles. The van der Waals surface area contributed by atoms with Crippen LogP contribution in [0.3, 0.4) is 0 Å². The Morgan fingerprint density at radius 2 is 2.00 bits per heavy atom. The van der Waals surface area contributed by atoms with E-state index in [0.717, 1.165) is 31.9 Å². The Hall–Kier alpha value is -2.04. The molecule has 0 atom stereocenters. The second kappa shape index (κ2) is 6.22. The molecule has 1 aliphatic rings. The van der Waals surface area contributed by atoms with E-state index < -0.39 is 0 Å². The average molecular weight is 321 g/mol. The van der Waals surface area contributed by atoms with Crippen LogP contribution < -0.4 is 0 Å². The minimum atomic E-state index is 0.869. The van der Waals surface area contributed by atoms with Gasteiger partial charge in [-0.3, -0.25) is 4.90 Å². The molecule has 0 aliphatic carbocycles. The third kappa shape index (κ3) is 3.19. The number of hydrogen-bond acceptors (Lipinski definition) is 4. The second-order valence-corrected chi connectivity index (χ2v) is 7.15. The summed E-state index contributed by atoms with van der Waals surface area (Å²) in [6.07, 6.45) is 3.04. The number of hydrogen-bond donors (Lipinski definition) is 0. The molecule has 4 rings (SSSR count). The van der Waals surface area contributed by atoms with Crippen LogP contribution in [0.25, 0.3) is 10.4 Å². The molecule has 3 aromatic rings. The summed E-state index contributed by atoms with van der Waals surface area (Å²) in [4.78, 5) is 14.2. The maximum absolute atomic E-state index is 4.61. The molecule has 3 nitrogen and oxygen atoms in total. The van der Waals surface area contributed by atoms with Gasteiger partial charge < -0.3 is 0 Å². The molecule has 0 N–H and O–H groups in total. The predicted octanol–water partition coefficient (Wildman–Crippen LogP) is 4.07. The van der Waals surface area contributed by atoms with Crippen LogP contribution in [0.5, 0.6) is 0 Å². The number of aromatic nitrogens is 2. The van der Waals surface area contributed by atoms with Crippen molar-refractivity contribution in [2.45, 2.75) is 26.4 Å². The second-order valence-electron chi connectivity index (χ2n) is 5.98. The summed E-state index contributed by atoms with van der Waals surface area (Å²) in [7, 11) is 0. The van der Waals surface area contributed by atoms with E-state index in [9.17, 15) is 0 Å². The molecule has 0 unspecified atom stereocenters. The number of aryl methyl sites for hydroxylation is 1. The number of nitrogens with zero attached hydrogens (tertiary/aromatic N) is 3. The molecule has 116 valence electrons. The van der Waals surface area contributed by atoms with Crippen LogP contribution in [0.2, 0.25) is 0 Å². The molecule has 0 spiro atoms. The maximum atomic E-state index is 4.61. The van der Waals surface area contributed by atoms with E-state index >= 15 is 0 Å². The van der Waals surface area contributed by atoms with Gasteiger partial charge in [-0.2, -0.15) is 0 Å². The van der Waals surface area contributed by atoms with Crippen LogP contribution >= 0.6 is 11.3 Å². The first-order valence-corrected chi connectivity index (χ1v) is 8.77. The van der Waals surface area contributed by atoms with Gasteiger partial charge in [0.1, 0.15) is 5.82 Å². The first-order chi connectivity index (χ1) is 11.3. The van der Waals surface area contributed by atoms with Crippen molar-refractivity contribution in [1.82, 2.24) is 14.9 Å². The van der Waals surface area contributed by atoms with Crippen molar-refractivity contribution in [3.05, 3.63) is 70.6 Å². The molecule has 23 heavy (non-hydrogen) atoms. The molecule has 4 heteroatoms. The molecule has 0 amide bonds. The lowest BCUT2D eigenvalue weighted by atomic mass is 10.1. The summed E-state index contributed by atoms with van der Waals surface area (Å²) < 4.78 is 0. The van der Waals surface area contributed by atoms with E-state index in [0.29, 0.717) is 0 Å². The highest BCUT2D eigenvalue weighted by Crippen LogP contribution is 2.29. The highest BCUT2D eigenvalue weighted by molar-refractivity contribution is 7.15. The van der Waals surface area contributed by atoms with Gasteiger partial charge in [0.05, 0.1) is 5.69 Å². The van der Waals surface area contributed by atoms with Crippen molar-refractivity contribution < 1.29 is 0 Å². The number of rotatable bonds is 3. The van der Waals surface area contributed by atoms with E-state index in [1.807, 2.05) is 24.5 Å². The monoisotopic (exact) mass is 321 g/mol. The zero-order valence-corrected chi connectivity index (χ0v) is 14.0. The Morgan fingerprint density at radius 1 is 1.13 bits per heavy atom. The van der Waals surface area contributed by atoms with Crippen molar-refractivity contribution in [3.63, 3.8) is 0 Å².